The van der Waals surface area contributed by atoms with Crippen molar-refractivity contribution in [3.63, 3.8) is 0 Å². The monoisotopic (exact) mass is 324 g/mol. The summed E-state index contributed by atoms with van der Waals surface area (Å²) in [5.41, 5.74) is -0.371. The number of hydrogen-bond donors (Lipinski definition) is 1. The van der Waals surface area contributed by atoms with Gasteiger partial charge in [-0.1, -0.05) is 0 Å². The minimum atomic E-state index is -4.48. The highest BCUT2D eigenvalue weighted by molar-refractivity contribution is 5.93. The largest absolute Gasteiger partial charge is 0.496 e. The van der Waals surface area contributed by atoms with Crippen LogP contribution < -0.4 is 10.3 Å². The second kappa shape index (κ2) is 5.11. The molecule has 0 unspecified atom stereocenters. The van der Waals surface area contributed by atoms with Gasteiger partial charge in [0.25, 0.3) is 5.56 Å². The summed E-state index contributed by atoms with van der Waals surface area (Å²) < 4.78 is 44.9. The minimum absolute atomic E-state index is 0.00419. The van der Waals surface area contributed by atoms with E-state index in [1.165, 1.54) is 24.1 Å². The number of benzene rings is 1. The zero-order valence-electron chi connectivity index (χ0n) is 12.1. The van der Waals surface area contributed by atoms with Crippen molar-refractivity contribution in [1.82, 2.24) is 20.0 Å². The van der Waals surface area contributed by atoms with Crippen LogP contribution in [0.3, 0.4) is 0 Å². The molecule has 0 saturated carbocycles. The minimum Gasteiger partial charge on any atom is -0.496 e. The number of aromatic amines is 1. The molecule has 120 valence electrons. The van der Waals surface area contributed by atoms with E-state index in [4.69, 9.17) is 4.74 Å². The average molecular weight is 324 g/mol. The Morgan fingerprint density at radius 1 is 1.30 bits per heavy atom. The lowest BCUT2D eigenvalue weighted by Crippen LogP contribution is -2.12. The Bertz CT molecular complexity index is 943. The molecule has 0 saturated heterocycles. The predicted molar refractivity (Wildman–Crippen MR) is 76.1 cm³/mol. The van der Waals surface area contributed by atoms with E-state index < -0.39 is 17.3 Å². The summed E-state index contributed by atoms with van der Waals surface area (Å²) in [7, 11) is 2.86. The number of aryl methyl sites for hydroxylation is 1. The van der Waals surface area contributed by atoms with Gasteiger partial charge in [0, 0.05) is 12.6 Å². The number of aromatic nitrogens is 4. The van der Waals surface area contributed by atoms with Crippen molar-refractivity contribution in [2.24, 2.45) is 7.05 Å². The first-order chi connectivity index (χ1) is 10.8. The molecule has 1 N–H and O–H groups in total. The summed E-state index contributed by atoms with van der Waals surface area (Å²) in [6.45, 7) is 0. The van der Waals surface area contributed by atoms with Crippen LogP contribution in [0.15, 0.2) is 29.2 Å². The maximum absolute atomic E-state index is 12.8. The summed E-state index contributed by atoms with van der Waals surface area (Å²) in [6, 6.07) is 3.09. The normalized spacial score (nSPS) is 11.9. The van der Waals surface area contributed by atoms with Crippen molar-refractivity contribution in [3.8, 4) is 17.0 Å². The van der Waals surface area contributed by atoms with Crippen LogP contribution in [0.1, 0.15) is 5.56 Å². The van der Waals surface area contributed by atoms with Crippen LogP contribution in [-0.4, -0.2) is 27.1 Å². The van der Waals surface area contributed by atoms with E-state index in [2.05, 4.69) is 15.3 Å². The summed E-state index contributed by atoms with van der Waals surface area (Å²) in [5.74, 6) is 0.00419. The van der Waals surface area contributed by atoms with Gasteiger partial charge in [-0.3, -0.25) is 9.48 Å². The lowest BCUT2D eigenvalue weighted by atomic mass is 10.0. The molecule has 0 bridgehead atoms. The van der Waals surface area contributed by atoms with Crippen LogP contribution in [0.2, 0.25) is 0 Å². The van der Waals surface area contributed by atoms with Gasteiger partial charge in [-0.25, -0.2) is 5.10 Å². The zero-order chi connectivity index (χ0) is 16.8. The van der Waals surface area contributed by atoms with Crippen LogP contribution in [0.25, 0.3) is 22.2 Å². The number of ether oxygens (including phenoxy) is 1. The van der Waals surface area contributed by atoms with Gasteiger partial charge in [-0.05, 0) is 18.2 Å². The number of hydrogen-bond acceptors (Lipinski definition) is 4. The molecule has 0 aliphatic heterocycles. The maximum Gasteiger partial charge on any atom is 0.416 e. The van der Waals surface area contributed by atoms with Crippen molar-refractivity contribution < 1.29 is 17.9 Å². The SMILES string of the molecule is COc1cc(C(F)(F)F)ccc1-c1n[nH]c(=O)c2c1cnn2C. The van der Waals surface area contributed by atoms with E-state index in [0.29, 0.717) is 16.6 Å². The van der Waals surface area contributed by atoms with Crippen LogP contribution >= 0.6 is 0 Å². The van der Waals surface area contributed by atoms with Crippen LogP contribution in [0.4, 0.5) is 13.2 Å². The third-order valence-electron chi connectivity index (χ3n) is 3.46. The Kier molecular flexibility index (Phi) is 3.35. The predicted octanol–water partition coefficient (Wildman–Crippen LogP) is 2.35. The summed E-state index contributed by atoms with van der Waals surface area (Å²) in [4.78, 5) is 11.8. The van der Waals surface area contributed by atoms with Gasteiger partial charge in [0.1, 0.15) is 17.0 Å². The van der Waals surface area contributed by atoms with E-state index >= 15 is 0 Å². The number of nitrogens with one attached hydrogen (secondary N) is 1. The molecular formula is C14H11F3N4O2. The topological polar surface area (TPSA) is 72.8 Å². The fourth-order valence-corrected chi connectivity index (χ4v) is 2.37. The lowest BCUT2D eigenvalue weighted by molar-refractivity contribution is -0.137. The van der Waals surface area contributed by atoms with E-state index in [1.807, 2.05) is 0 Å². The number of halogens is 3. The fraction of sp³-hybridized carbons (Fsp3) is 0.214. The van der Waals surface area contributed by atoms with Crippen molar-refractivity contribution in [3.05, 3.63) is 40.3 Å². The van der Waals surface area contributed by atoms with E-state index in [-0.39, 0.29) is 11.3 Å². The molecule has 23 heavy (non-hydrogen) atoms. The fourth-order valence-electron chi connectivity index (χ4n) is 2.37. The van der Waals surface area contributed by atoms with Gasteiger partial charge >= 0.3 is 6.18 Å². The molecule has 1 aromatic carbocycles. The van der Waals surface area contributed by atoms with Crippen molar-refractivity contribution in [2.75, 3.05) is 7.11 Å². The van der Waals surface area contributed by atoms with E-state index in [1.54, 1.807) is 7.05 Å². The number of alkyl halides is 3. The molecule has 2 aromatic heterocycles. The molecule has 3 aromatic rings. The average Bonchev–Trinajstić information content (AvgIpc) is 2.89. The van der Waals surface area contributed by atoms with E-state index in [0.717, 1.165) is 12.1 Å². The Balaban J connectivity index is 2.27. The second-order valence-corrected chi connectivity index (χ2v) is 4.84. The maximum atomic E-state index is 12.8. The summed E-state index contributed by atoms with van der Waals surface area (Å²) in [6.07, 6.45) is -3.04. The van der Waals surface area contributed by atoms with Crippen molar-refractivity contribution in [2.45, 2.75) is 6.18 Å². The molecule has 9 heteroatoms. The zero-order valence-corrected chi connectivity index (χ0v) is 12.1. The third kappa shape index (κ3) is 2.43. The standard InChI is InChI=1S/C14H11F3N4O2/c1-21-12-9(6-18-21)11(19-20-13(12)22)8-4-3-7(14(15,16)17)5-10(8)23-2/h3-6H,1-2H3,(H,20,22). The highest BCUT2D eigenvalue weighted by Crippen LogP contribution is 2.37. The van der Waals surface area contributed by atoms with Crippen LogP contribution in [0, 0.1) is 0 Å². The molecule has 6 nitrogen and oxygen atoms in total. The van der Waals surface area contributed by atoms with Gasteiger partial charge < -0.3 is 4.74 Å². The molecule has 0 spiro atoms. The number of fused-ring (bicyclic) bond motifs is 1. The summed E-state index contributed by atoms with van der Waals surface area (Å²) in [5, 5.41) is 10.7. The van der Waals surface area contributed by atoms with Gasteiger partial charge in [0.2, 0.25) is 0 Å². The molecule has 0 aliphatic carbocycles. The Hall–Kier alpha value is -2.84. The van der Waals surface area contributed by atoms with Crippen molar-refractivity contribution in [1.29, 1.82) is 0 Å². The van der Waals surface area contributed by atoms with Crippen LogP contribution in [-0.2, 0) is 13.2 Å². The van der Waals surface area contributed by atoms with E-state index in [9.17, 15) is 18.0 Å². The quantitative estimate of drug-likeness (QED) is 0.785. The Morgan fingerprint density at radius 3 is 2.70 bits per heavy atom. The molecule has 3 rings (SSSR count). The number of methoxy groups -OCH3 is 1. The molecule has 0 atom stereocenters. The van der Waals surface area contributed by atoms with Crippen LogP contribution in [0.5, 0.6) is 5.75 Å². The first-order valence-corrected chi connectivity index (χ1v) is 6.49. The first kappa shape index (κ1) is 15.1. The molecule has 0 fully saturated rings. The highest BCUT2D eigenvalue weighted by atomic mass is 19.4. The number of rotatable bonds is 2. The molecule has 2 heterocycles. The Labute approximate surface area is 127 Å². The second-order valence-electron chi connectivity index (χ2n) is 4.84. The first-order valence-electron chi connectivity index (χ1n) is 6.49. The highest BCUT2D eigenvalue weighted by Gasteiger charge is 2.31. The molecular weight excluding hydrogens is 313 g/mol. The number of nitrogens with zero attached hydrogens (tertiary/aromatic N) is 3. The van der Waals surface area contributed by atoms with Gasteiger partial charge in [-0.15, -0.1) is 0 Å². The molecule has 0 amide bonds. The Morgan fingerprint density at radius 2 is 2.04 bits per heavy atom. The van der Waals surface area contributed by atoms with Gasteiger partial charge in [0.15, 0.2) is 0 Å². The summed E-state index contributed by atoms with van der Waals surface area (Å²) >= 11 is 0. The smallest absolute Gasteiger partial charge is 0.416 e. The number of H-pyrrole nitrogens is 1. The van der Waals surface area contributed by atoms with Gasteiger partial charge in [-0.2, -0.15) is 23.4 Å². The third-order valence-corrected chi connectivity index (χ3v) is 3.46. The lowest BCUT2D eigenvalue weighted by Gasteiger charge is -2.12. The van der Waals surface area contributed by atoms with Gasteiger partial charge in [0.05, 0.1) is 24.3 Å². The molecule has 0 aliphatic rings. The molecule has 0 radical (unpaired) electrons. The van der Waals surface area contributed by atoms with Crippen molar-refractivity contribution >= 4 is 10.9 Å².